The van der Waals surface area contributed by atoms with Crippen LogP contribution in [0.1, 0.15) is 17.5 Å². The largest absolute Gasteiger partial charge is 0.480 e. The van der Waals surface area contributed by atoms with Crippen LogP contribution >= 0.6 is 0 Å². The second-order valence-electron chi connectivity index (χ2n) is 7.83. The van der Waals surface area contributed by atoms with E-state index < -0.39 is 27.9 Å². The molecular weight excluding hydrogens is 454 g/mol. The lowest BCUT2D eigenvalue weighted by molar-refractivity contribution is -0.141. The molecule has 1 atom stereocenters. The van der Waals surface area contributed by atoms with Crippen molar-refractivity contribution in [3.05, 3.63) is 90.0 Å². The molecule has 178 valence electrons. The maximum Gasteiger partial charge on any atom is 0.321 e. The summed E-state index contributed by atoms with van der Waals surface area (Å²) in [7, 11) is -3.79. The van der Waals surface area contributed by atoms with Crippen molar-refractivity contribution >= 4 is 33.3 Å². The SMILES string of the molecule is Cc1ccc(NS(=O)(=O)c2ccc(NC(=O)CC(NCCc3ccccc3)C(=O)O)cc2)cc1. The van der Waals surface area contributed by atoms with Gasteiger partial charge >= 0.3 is 5.97 Å². The first-order valence-electron chi connectivity index (χ1n) is 10.7. The van der Waals surface area contributed by atoms with E-state index in [0.717, 1.165) is 11.1 Å². The predicted octanol–water partition coefficient (Wildman–Crippen LogP) is 3.41. The second kappa shape index (κ2) is 11.4. The zero-order chi connectivity index (χ0) is 24.6. The van der Waals surface area contributed by atoms with Crippen LogP contribution in [0.2, 0.25) is 0 Å². The Morgan fingerprint density at radius 3 is 2.12 bits per heavy atom. The van der Waals surface area contributed by atoms with Crippen LogP contribution < -0.4 is 15.4 Å². The molecule has 3 aromatic carbocycles. The number of aliphatic carboxylic acids is 1. The molecule has 0 spiro atoms. The highest BCUT2D eigenvalue weighted by atomic mass is 32.2. The zero-order valence-corrected chi connectivity index (χ0v) is 19.5. The van der Waals surface area contributed by atoms with Crippen molar-refractivity contribution in [2.75, 3.05) is 16.6 Å². The molecule has 8 nitrogen and oxygen atoms in total. The van der Waals surface area contributed by atoms with Gasteiger partial charge in [-0.05, 0) is 61.9 Å². The van der Waals surface area contributed by atoms with Crippen LogP contribution in [-0.4, -0.2) is 38.0 Å². The fourth-order valence-electron chi connectivity index (χ4n) is 3.23. The second-order valence-corrected chi connectivity index (χ2v) is 9.51. The van der Waals surface area contributed by atoms with E-state index in [1.54, 1.807) is 24.3 Å². The van der Waals surface area contributed by atoms with Crippen LogP contribution in [0, 0.1) is 6.92 Å². The number of anilines is 2. The molecule has 0 bridgehead atoms. The highest BCUT2D eigenvalue weighted by Crippen LogP contribution is 2.19. The van der Waals surface area contributed by atoms with Crippen LogP contribution in [0.5, 0.6) is 0 Å². The fourth-order valence-corrected chi connectivity index (χ4v) is 4.29. The summed E-state index contributed by atoms with van der Waals surface area (Å²) in [6.45, 7) is 2.32. The monoisotopic (exact) mass is 481 g/mol. The summed E-state index contributed by atoms with van der Waals surface area (Å²) < 4.78 is 27.6. The molecule has 3 rings (SSSR count). The molecule has 0 radical (unpaired) electrons. The van der Waals surface area contributed by atoms with Gasteiger partial charge in [0.2, 0.25) is 5.91 Å². The summed E-state index contributed by atoms with van der Waals surface area (Å²) in [6.07, 6.45) is 0.373. The highest BCUT2D eigenvalue weighted by Gasteiger charge is 2.21. The third kappa shape index (κ3) is 7.43. The highest BCUT2D eigenvalue weighted by molar-refractivity contribution is 7.92. The van der Waals surface area contributed by atoms with Gasteiger partial charge in [-0.15, -0.1) is 0 Å². The normalized spacial score (nSPS) is 12.0. The molecule has 4 N–H and O–H groups in total. The number of benzene rings is 3. The first-order chi connectivity index (χ1) is 16.2. The van der Waals surface area contributed by atoms with E-state index in [-0.39, 0.29) is 11.3 Å². The molecule has 0 aliphatic carbocycles. The number of carboxylic acid groups (broad SMARTS) is 1. The molecule has 0 saturated heterocycles. The number of hydrogen-bond acceptors (Lipinski definition) is 5. The molecule has 3 aromatic rings. The molecule has 0 aliphatic heterocycles. The summed E-state index contributed by atoms with van der Waals surface area (Å²) in [6, 6.07) is 21.2. The molecule has 0 fully saturated rings. The zero-order valence-electron chi connectivity index (χ0n) is 18.7. The molecule has 0 aliphatic rings. The van der Waals surface area contributed by atoms with E-state index >= 15 is 0 Å². The smallest absolute Gasteiger partial charge is 0.321 e. The van der Waals surface area contributed by atoms with Gasteiger partial charge in [0.05, 0.1) is 11.3 Å². The van der Waals surface area contributed by atoms with Gasteiger partial charge in [-0.2, -0.15) is 0 Å². The standard InChI is InChI=1S/C25H27N3O5S/c1-18-7-9-21(10-8-18)28-34(32,33)22-13-11-20(12-14-22)27-24(29)17-23(25(30)31)26-16-15-19-5-3-2-4-6-19/h2-14,23,26,28H,15-17H2,1H3,(H,27,29)(H,30,31). The van der Waals surface area contributed by atoms with Crippen LogP contribution in [-0.2, 0) is 26.0 Å². The third-order valence-electron chi connectivity index (χ3n) is 5.09. The van der Waals surface area contributed by atoms with Crippen LogP contribution in [0.3, 0.4) is 0 Å². The van der Waals surface area contributed by atoms with E-state index in [9.17, 15) is 23.1 Å². The van der Waals surface area contributed by atoms with Gasteiger partial charge in [0.15, 0.2) is 0 Å². The molecule has 1 unspecified atom stereocenters. The number of sulfonamides is 1. The Hall–Kier alpha value is -3.69. The Labute approximate surface area is 199 Å². The summed E-state index contributed by atoms with van der Waals surface area (Å²) in [5, 5.41) is 14.9. The van der Waals surface area contributed by atoms with Crippen LogP contribution in [0.25, 0.3) is 0 Å². The van der Waals surface area contributed by atoms with Gasteiger partial charge in [0.25, 0.3) is 10.0 Å². The Bertz CT molecular complexity index is 1210. The minimum absolute atomic E-state index is 0.0389. The Kier molecular flexibility index (Phi) is 8.39. The van der Waals surface area contributed by atoms with Gasteiger partial charge in [0.1, 0.15) is 6.04 Å². The lowest BCUT2D eigenvalue weighted by atomic mass is 10.1. The maximum absolute atomic E-state index is 12.6. The van der Waals surface area contributed by atoms with Gasteiger partial charge in [-0.25, -0.2) is 8.42 Å². The number of carboxylic acids is 1. The summed E-state index contributed by atoms with van der Waals surface area (Å²) >= 11 is 0. The van der Waals surface area contributed by atoms with Crippen molar-refractivity contribution in [2.45, 2.75) is 30.7 Å². The van der Waals surface area contributed by atoms with E-state index in [0.29, 0.717) is 24.3 Å². The van der Waals surface area contributed by atoms with Crippen molar-refractivity contribution < 1.29 is 23.1 Å². The quantitative estimate of drug-likeness (QED) is 0.333. The third-order valence-corrected chi connectivity index (χ3v) is 6.48. The Balaban J connectivity index is 1.54. The first kappa shape index (κ1) is 24.9. The Morgan fingerprint density at radius 1 is 0.882 bits per heavy atom. The Morgan fingerprint density at radius 2 is 1.50 bits per heavy atom. The van der Waals surface area contributed by atoms with E-state index in [1.165, 1.54) is 24.3 Å². The van der Waals surface area contributed by atoms with Crippen molar-refractivity contribution in [1.82, 2.24) is 5.32 Å². The van der Waals surface area contributed by atoms with Crippen molar-refractivity contribution in [1.29, 1.82) is 0 Å². The predicted molar refractivity (Wildman–Crippen MR) is 131 cm³/mol. The number of carbonyl (C=O) groups is 2. The molecule has 0 heterocycles. The molecule has 9 heteroatoms. The van der Waals surface area contributed by atoms with Gasteiger partial charge < -0.3 is 15.7 Å². The van der Waals surface area contributed by atoms with E-state index in [4.69, 9.17) is 0 Å². The molecule has 0 saturated carbocycles. The van der Waals surface area contributed by atoms with Crippen molar-refractivity contribution in [2.24, 2.45) is 0 Å². The van der Waals surface area contributed by atoms with Crippen LogP contribution in [0.15, 0.2) is 83.8 Å². The number of carbonyl (C=O) groups excluding carboxylic acids is 1. The van der Waals surface area contributed by atoms with E-state index in [2.05, 4.69) is 15.4 Å². The molecular formula is C25H27N3O5S. The molecule has 1 amide bonds. The summed E-state index contributed by atoms with van der Waals surface area (Å²) in [4.78, 5) is 23.9. The lowest BCUT2D eigenvalue weighted by Crippen LogP contribution is -2.40. The molecule has 34 heavy (non-hydrogen) atoms. The van der Waals surface area contributed by atoms with Gasteiger partial charge in [0, 0.05) is 11.4 Å². The van der Waals surface area contributed by atoms with E-state index in [1.807, 2.05) is 37.3 Å². The molecule has 0 aromatic heterocycles. The topological polar surface area (TPSA) is 125 Å². The summed E-state index contributed by atoms with van der Waals surface area (Å²) in [5.41, 5.74) is 2.89. The van der Waals surface area contributed by atoms with Gasteiger partial charge in [-0.3, -0.25) is 14.3 Å². The number of rotatable bonds is 11. The first-order valence-corrected chi connectivity index (χ1v) is 12.2. The minimum Gasteiger partial charge on any atom is -0.480 e. The number of aryl methyl sites for hydroxylation is 1. The number of amides is 1. The lowest BCUT2D eigenvalue weighted by Gasteiger charge is -2.15. The average molecular weight is 482 g/mol. The minimum atomic E-state index is -3.79. The van der Waals surface area contributed by atoms with Crippen molar-refractivity contribution in [3.8, 4) is 0 Å². The van der Waals surface area contributed by atoms with Crippen molar-refractivity contribution in [3.63, 3.8) is 0 Å². The average Bonchev–Trinajstić information content (AvgIpc) is 2.81. The van der Waals surface area contributed by atoms with Gasteiger partial charge in [-0.1, -0.05) is 48.0 Å². The number of nitrogens with one attached hydrogen (secondary N) is 3. The number of hydrogen-bond donors (Lipinski definition) is 4. The summed E-state index contributed by atoms with van der Waals surface area (Å²) in [5.74, 6) is -1.61. The maximum atomic E-state index is 12.6. The van der Waals surface area contributed by atoms with Crippen LogP contribution in [0.4, 0.5) is 11.4 Å². The fraction of sp³-hybridized carbons (Fsp3) is 0.200.